The van der Waals surface area contributed by atoms with Gasteiger partial charge in [0, 0.05) is 24.7 Å². The van der Waals surface area contributed by atoms with Crippen LogP contribution in [0.25, 0.3) is 0 Å². The van der Waals surface area contributed by atoms with E-state index in [2.05, 4.69) is 16.3 Å². The van der Waals surface area contributed by atoms with Gasteiger partial charge in [-0.15, -0.1) is 0 Å². The quantitative estimate of drug-likeness (QED) is 0.944. The van der Waals surface area contributed by atoms with Gasteiger partial charge in [0.25, 0.3) is 5.91 Å². The van der Waals surface area contributed by atoms with Gasteiger partial charge in [0.05, 0.1) is 12.8 Å². The van der Waals surface area contributed by atoms with E-state index in [1.165, 1.54) is 0 Å². The van der Waals surface area contributed by atoms with Crippen molar-refractivity contribution >= 4 is 11.6 Å². The molecule has 120 valence electrons. The van der Waals surface area contributed by atoms with Crippen LogP contribution < -0.4 is 15.0 Å². The standard InChI is InChI=1S/C19H22N2O2/c1-14-7-3-4-8-16(14)19(22)20-15-11-12-21(13-15)17-9-5-6-10-18(17)23-2/h3-10,15H,11-13H2,1-2H3,(H,20,22)/t15-/m0/s1. The first-order chi connectivity index (χ1) is 11.2. The fourth-order valence-electron chi connectivity index (χ4n) is 3.08. The number of rotatable bonds is 4. The third kappa shape index (κ3) is 3.31. The monoisotopic (exact) mass is 310 g/mol. The molecule has 0 bridgehead atoms. The lowest BCUT2D eigenvalue weighted by molar-refractivity contribution is 0.0940. The smallest absolute Gasteiger partial charge is 0.251 e. The molecule has 0 unspecified atom stereocenters. The molecular weight excluding hydrogens is 288 g/mol. The highest BCUT2D eigenvalue weighted by Crippen LogP contribution is 2.30. The minimum atomic E-state index is 0.00924. The average molecular weight is 310 g/mol. The lowest BCUT2D eigenvalue weighted by Crippen LogP contribution is -2.37. The van der Waals surface area contributed by atoms with Gasteiger partial charge in [-0.1, -0.05) is 30.3 Å². The summed E-state index contributed by atoms with van der Waals surface area (Å²) in [7, 11) is 1.69. The molecule has 1 aliphatic rings. The topological polar surface area (TPSA) is 41.6 Å². The summed E-state index contributed by atoms with van der Waals surface area (Å²) in [5.41, 5.74) is 2.84. The Bertz CT molecular complexity index is 699. The molecule has 0 saturated carbocycles. The number of carbonyl (C=O) groups excluding carboxylic acids is 1. The van der Waals surface area contributed by atoms with E-state index in [-0.39, 0.29) is 11.9 Å². The van der Waals surface area contributed by atoms with E-state index in [1.54, 1.807) is 7.11 Å². The van der Waals surface area contributed by atoms with Crippen molar-refractivity contribution in [2.45, 2.75) is 19.4 Å². The molecule has 1 fully saturated rings. The van der Waals surface area contributed by atoms with Crippen LogP contribution in [0.4, 0.5) is 5.69 Å². The van der Waals surface area contributed by atoms with Crippen LogP contribution in [0.3, 0.4) is 0 Å². The number of carbonyl (C=O) groups is 1. The Hall–Kier alpha value is -2.49. The number of amides is 1. The number of para-hydroxylation sites is 2. The fraction of sp³-hybridized carbons (Fsp3) is 0.316. The van der Waals surface area contributed by atoms with Crippen LogP contribution in [-0.4, -0.2) is 32.1 Å². The first kappa shape index (κ1) is 15.4. The summed E-state index contributed by atoms with van der Waals surface area (Å²) in [6, 6.07) is 15.9. The summed E-state index contributed by atoms with van der Waals surface area (Å²) in [4.78, 5) is 14.7. The van der Waals surface area contributed by atoms with Crippen LogP contribution in [0.15, 0.2) is 48.5 Å². The maximum atomic E-state index is 12.4. The van der Waals surface area contributed by atoms with Gasteiger partial charge in [0.2, 0.25) is 0 Å². The molecule has 1 amide bonds. The van der Waals surface area contributed by atoms with Gasteiger partial charge in [-0.25, -0.2) is 0 Å². The second-order valence-electron chi connectivity index (χ2n) is 5.89. The molecule has 1 N–H and O–H groups in total. The van der Waals surface area contributed by atoms with Crippen molar-refractivity contribution in [3.05, 3.63) is 59.7 Å². The zero-order chi connectivity index (χ0) is 16.2. The van der Waals surface area contributed by atoms with Crippen molar-refractivity contribution in [3.63, 3.8) is 0 Å². The molecule has 1 saturated heterocycles. The molecule has 1 heterocycles. The van der Waals surface area contributed by atoms with Crippen molar-refractivity contribution in [2.75, 3.05) is 25.1 Å². The molecule has 4 heteroatoms. The summed E-state index contributed by atoms with van der Waals surface area (Å²) < 4.78 is 5.43. The fourth-order valence-corrected chi connectivity index (χ4v) is 3.08. The van der Waals surface area contributed by atoms with Crippen molar-refractivity contribution in [2.24, 2.45) is 0 Å². The molecule has 0 aromatic heterocycles. The van der Waals surface area contributed by atoms with Gasteiger partial charge in [0.15, 0.2) is 0 Å². The number of benzene rings is 2. The zero-order valence-electron chi connectivity index (χ0n) is 13.6. The lowest BCUT2D eigenvalue weighted by atomic mass is 10.1. The van der Waals surface area contributed by atoms with E-state index in [0.717, 1.165) is 42.1 Å². The van der Waals surface area contributed by atoms with Gasteiger partial charge in [-0.3, -0.25) is 4.79 Å². The van der Waals surface area contributed by atoms with Crippen molar-refractivity contribution < 1.29 is 9.53 Å². The Morgan fingerprint density at radius 1 is 1.17 bits per heavy atom. The van der Waals surface area contributed by atoms with Crippen LogP contribution in [0.1, 0.15) is 22.3 Å². The highest BCUT2D eigenvalue weighted by atomic mass is 16.5. The van der Waals surface area contributed by atoms with E-state index < -0.39 is 0 Å². The Kier molecular flexibility index (Phi) is 4.51. The first-order valence-corrected chi connectivity index (χ1v) is 7.93. The van der Waals surface area contributed by atoms with E-state index in [1.807, 2.05) is 49.4 Å². The number of hydrogen-bond donors (Lipinski definition) is 1. The third-order valence-corrected chi connectivity index (χ3v) is 4.34. The maximum Gasteiger partial charge on any atom is 0.251 e. The number of hydrogen-bond acceptors (Lipinski definition) is 3. The van der Waals surface area contributed by atoms with E-state index in [0.29, 0.717) is 0 Å². The van der Waals surface area contributed by atoms with Crippen molar-refractivity contribution in [1.29, 1.82) is 0 Å². The highest BCUT2D eigenvalue weighted by molar-refractivity contribution is 5.95. The predicted molar refractivity (Wildman–Crippen MR) is 92.3 cm³/mol. The Morgan fingerprint density at radius 3 is 2.70 bits per heavy atom. The Morgan fingerprint density at radius 2 is 1.91 bits per heavy atom. The molecule has 0 spiro atoms. The number of anilines is 1. The summed E-state index contributed by atoms with van der Waals surface area (Å²) in [6.45, 7) is 3.68. The average Bonchev–Trinajstić information content (AvgIpc) is 3.03. The molecule has 0 aliphatic carbocycles. The maximum absolute atomic E-state index is 12.4. The molecular formula is C19H22N2O2. The largest absolute Gasteiger partial charge is 0.495 e. The third-order valence-electron chi connectivity index (χ3n) is 4.34. The van der Waals surface area contributed by atoms with E-state index >= 15 is 0 Å². The van der Waals surface area contributed by atoms with Crippen LogP contribution >= 0.6 is 0 Å². The minimum absolute atomic E-state index is 0.00924. The summed E-state index contributed by atoms with van der Waals surface area (Å²) in [5.74, 6) is 0.883. The summed E-state index contributed by atoms with van der Waals surface area (Å²) in [5, 5.41) is 3.15. The molecule has 3 rings (SSSR count). The van der Waals surface area contributed by atoms with Crippen LogP contribution in [-0.2, 0) is 0 Å². The SMILES string of the molecule is COc1ccccc1N1CC[C@H](NC(=O)c2ccccc2C)C1. The number of nitrogens with one attached hydrogen (secondary N) is 1. The molecule has 2 aromatic carbocycles. The number of methoxy groups -OCH3 is 1. The van der Waals surface area contributed by atoms with Gasteiger partial charge in [-0.05, 0) is 37.1 Å². The predicted octanol–water partition coefficient (Wildman–Crippen LogP) is 3.01. The van der Waals surface area contributed by atoms with Gasteiger partial charge < -0.3 is 15.0 Å². The highest BCUT2D eigenvalue weighted by Gasteiger charge is 2.26. The van der Waals surface area contributed by atoms with E-state index in [4.69, 9.17) is 4.74 Å². The minimum Gasteiger partial charge on any atom is -0.495 e. The van der Waals surface area contributed by atoms with Gasteiger partial charge in [-0.2, -0.15) is 0 Å². The second kappa shape index (κ2) is 6.73. The van der Waals surface area contributed by atoms with Crippen molar-refractivity contribution in [1.82, 2.24) is 5.32 Å². The zero-order valence-corrected chi connectivity index (χ0v) is 13.6. The first-order valence-electron chi connectivity index (χ1n) is 7.93. The number of aryl methyl sites for hydroxylation is 1. The molecule has 1 aliphatic heterocycles. The second-order valence-corrected chi connectivity index (χ2v) is 5.89. The lowest BCUT2D eigenvalue weighted by Gasteiger charge is -2.21. The van der Waals surface area contributed by atoms with Crippen LogP contribution in [0.2, 0.25) is 0 Å². The molecule has 2 aromatic rings. The van der Waals surface area contributed by atoms with Crippen LogP contribution in [0.5, 0.6) is 5.75 Å². The molecule has 23 heavy (non-hydrogen) atoms. The molecule has 1 atom stereocenters. The number of nitrogens with zero attached hydrogens (tertiary/aromatic N) is 1. The van der Waals surface area contributed by atoms with Crippen molar-refractivity contribution in [3.8, 4) is 5.75 Å². The summed E-state index contributed by atoms with van der Waals surface area (Å²) in [6.07, 6.45) is 0.940. The normalized spacial score (nSPS) is 17.1. The Balaban J connectivity index is 1.66. The van der Waals surface area contributed by atoms with E-state index in [9.17, 15) is 4.79 Å². The molecule has 0 radical (unpaired) electrons. The molecule has 4 nitrogen and oxygen atoms in total. The van der Waals surface area contributed by atoms with Gasteiger partial charge >= 0.3 is 0 Å². The Labute approximate surface area is 137 Å². The van der Waals surface area contributed by atoms with Crippen LogP contribution in [0, 0.1) is 6.92 Å². The van der Waals surface area contributed by atoms with Gasteiger partial charge in [0.1, 0.15) is 5.75 Å². The summed E-state index contributed by atoms with van der Waals surface area (Å²) >= 11 is 0. The number of ether oxygens (including phenoxy) is 1.